The number of allylic oxidation sites excluding steroid dienone is 3. The first-order valence-electron chi connectivity index (χ1n) is 4.54. The topological polar surface area (TPSA) is 54.4 Å². The monoisotopic (exact) mass is 194 g/mol. The number of aliphatic carboxylic acids is 1. The molecule has 0 saturated carbocycles. The number of rotatable bonds is 2. The summed E-state index contributed by atoms with van der Waals surface area (Å²) in [4.78, 5) is 22.5. The highest BCUT2D eigenvalue weighted by molar-refractivity contribution is 6.08. The summed E-state index contributed by atoms with van der Waals surface area (Å²) in [6.45, 7) is 7.15. The third-order valence-electron chi connectivity index (χ3n) is 2.65. The normalized spacial score (nSPS) is 27.0. The van der Waals surface area contributed by atoms with Gasteiger partial charge in [0.05, 0.1) is 0 Å². The van der Waals surface area contributed by atoms with Crippen LogP contribution in [0.2, 0.25) is 0 Å². The Morgan fingerprint density at radius 2 is 2.21 bits per heavy atom. The SMILES string of the molecule is C=C(C)C1CC=C(C)C(=O)C1C(=O)O. The van der Waals surface area contributed by atoms with E-state index in [2.05, 4.69) is 6.58 Å². The average molecular weight is 194 g/mol. The van der Waals surface area contributed by atoms with Gasteiger partial charge < -0.3 is 5.11 Å². The van der Waals surface area contributed by atoms with Crippen LogP contribution in [-0.4, -0.2) is 16.9 Å². The van der Waals surface area contributed by atoms with Gasteiger partial charge in [-0.25, -0.2) is 0 Å². The molecule has 3 nitrogen and oxygen atoms in total. The largest absolute Gasteiger partial charge is 0.481 e. The minimum atomic E-state index is -1.05. The summed E-state index contributed by atoms with van der Waals surface area (Å²) in [7, 11) is 0. The molecule has 0 bridgehead atoms. The van der Waals surface area contributed by atoms with Crippen molar-refractivity contribution in [3.63, 3.8) is 0 Å². The Balaban J connectivity index is 3.06. The number of Topliss-reactive ketones (excluding diaryl/α,β-unsaturated/α-hetero) is 1. The van der Waals surface area contributed by atoms with Crippen molar-refractivity contribution in [1.82, 2.24) is 0 Å². The first-order valence-corrected chi connectivity index (χ1v) is 4.54. The van der Waals surface area contributed by atoms with Gasteiger partial charge in [0.2, 0.25) is 0 Å². The molecule has 0 spiro atoms. The van der Waals surface area contributed by atoms with E-state index in [1.165, 1.54) is 0 Å². The van der Waals surface area contributed by atoms with Gasteiger partial charge in [-0.2, -0.15) is 0 Å². The van der Waals surface area contributed by atoms with Crippen molar-refractivity contribution in [1.29, 1.82) is 0 Å². The molecule has 2 unspecified atom stereocenters. The lowest BCUT2D eigenvalue weighted by Gasteiger charge is -2.26. The summed E-state index contributed by atoms with van der Waals surface area (Å²) in [5, 5.41) is 8.96. The van der Waals surface area contributed by atoms with Crippen LogP contribution in [0, 0.1) is 11.8 Å². The Labute approximate surface area is 83.1 Å². The molecule has 0 heterocycles. The third kappa shape index (κ3) is 1.76. The summed E-state index contributed by atoms with van der Waals surface area (Å²) < 4.78 is 0. The van der Waals surface area contributed by atoms with Crippen molar-refractivity contribution in [2.75, 3.05) is 0 Å². The fourth-order valence-corrected chi connectivity index (χ4v) is 1.74. The third-order valence-corrected chi connectivity index (χ3v) is 2.65. The lowest BCUT2D eigenvalue weighted by Crippen LogP contribution is -2.34. The standard InChI is InChI=1S/C11H14O3/c1-6(2)8-5-4-7(3)10(12)9(8)11(13)14/h4,8-9H,1,5H2,2-3H3,(H,13,14). The van der Waals surface area contributed by atoms with E-state index >= 15 is 0 Å². The molecule has 0 aromatic heterocycles. The maximum Gasteiger partial charge on any atom is 0.315 e. The van der Waals surface area contributed by atoms with Gasteiger partial charge in [0.25, 0.3) is 0 Å². The number of ketones is 1. The molecule has 0 radical (unpaired) electrons. The van der Waals surface area contributed by atoms with E-state index in [4.69, 9.17) is 5.11 Å². The fraction of sp³-hybridized carbons (Fsp3) is 0.455. The molecule has 14 heavy (non-hydrogen) atoms. The summed E-state index contributed by atoms with van der Waals surface area (Å²) in [6.07, 6.45) is 2.39. The lowest BCUT2D eigenvalue weighted by molar-refractivity contribution is -0.147. The minimum Gasteiger partial charge on any atom is -0.481 e. The van der Waals surface area contributed by atoms with Crippen LogP contribution in [0.1, 0.15) is 20.3 Å². The molecule has 1 aliphatic carbocycles. The molecule has 76 valence electrons. The molecular formula is C11H14O3. The summed E-state index contributed by atoms with van der Waals surface area (Å²) in [5.41, 5.74) is 1.31. The molecule has 0 aromatic carbocycles. The molecule has 1 aliphatic rings. The Hall–Kier alpha value is -1.38. The molecule has 0 fully saturated rings. The second-order valence-corrected chi connectivity index (χ2v) is 3.76. The van der Waals surface area contributed by atoms with Gasteiger partial charge >= 0.3 is 5.97 Å². The molecule has 1 rings (SSSR count). The van der Waals surface area contributed by atoms with E-state index in [-0.39, 0.29) is 11.7 Å². The minimum absolute atomic E-state index is 0.247. The number of carbonyl (C=O) groups is 2. The van der Waals surface area contributed by atoms with Crippen molar-refractivity contribution >= 4 is 11.8 Å². The molecule has 0 aliphatic heterocycles. The van der Waals surface area contributed by atoms with Gasteiger partial charge in [0, 0.05) is 5.92 Å². The van der Waals surface area contributed by atoms with Crippen molar-refractivity contribution in [3.8, 4) is 0 Å². The highest BCUT2D eigenvalue weighted by Gasteiger charge is 2.37. The number of carboxylic acid groups (broad SMARTS) is 1. The lowest BCUT2D eigenvalue weighted by atomic mass is 9.76. The second kappa shape index (κ2) is 3.78. The van der Waals surface area contributed by atoms with Gasteiger partial charge in [-0.3, -0.25) is 9.59 Å². The quantitative estimate of drug-likeness (QED) is 0.538. The van der Waals surface area contributed by atoms with Gasteiger partial charge in [-0.05, 0) is 25.8 Å². The molecule has 0 amide bonds. The van der Waals surface area contributed by atoms with Crippen LogP contribution in [-0.2, 0) is 9.59 Å². The van der Waals surface area contributed by atoms with Crippen LogP contribution in [0.3, 0.4) is 0 Å². The zero-order valence-corrected chi connectivity index (χ0v) is 8.41. The molecule has 2 atom stereocenters. The van der Waals surface area contributed by atoms with Crippen molar-refractivity contribution in [3.05, 3.63) is 23.8 Å². The summed E-state index contributed by atoms with van der Waals surface area (Å²) in [5.74, 6) is -2.51. The van der Waals surface area contributed by atoms with E-state index < -0.39 is 11.9 Å². The highest BCUT2D eigenvalue weighted by Crippen LogP contribution is 2.31. The summed E-state index contributed by atoms with van der Waals surface area (Å²) in [6, 6.07) is 0. The number of carbonyl (C=O) groups excluding carboxylic acids is 1. The van der Waals surface area contributed by atoms with Crippen LogP contribution >= 0.6 is 0 Å². The number of hydrogen-bond donors (Lipinski definition) is 1. The Bertz CT molecular complexity index is 325. The molecule has 3 heteroatoms. The van der Waals surface area contributed by atoms with Crippen LogP contribution in [0.4, 0.5) is 0 Å². The van der Waals surface area contributed by atoms with Crippen molar-refractivity contribution < 1.29 is 14.7 Å². The van der Waals surface area contributed by atoms with E-state index in [1.54, 1.807) is 19.9 Å². The van der Waals surface area contributed by atoms with Gasteiger partial charge in [-0.1, -0.05) is 18.2 Å². The average Bonchev–Trinajstić information content (AvgIpc) is 2.08. The van der Waals surface area contributed by atoms with Crippen LogP contribution in [0.15, 0.2) is 23.8 Å². The van der Waals surface area contributed by atoms with E-state index in [9.17, 15) is 9.59 Å². The van der Waals surface area contributed by atoms with Crippen molar-refractivity contribution in [2.45, 2.75) is 20.3 Å². The predicted molar refractivity (Wildman–Crippen MR) is 52.8 cm³/mol. The maximum atomic E-state index is 11.6. The van der Waals surface area contributed by atoms with Gasteiger partial charge in [0.15, 0.2) is 5.78 Å². The Kier molecular flexibility index (Phi) is 2.89. The van der Waals surface area contributed by atoms with Crippen LogP contribution in [0.5, 0.6) is 0 Å². The maximum absolute atomic E-state index is 11.6. The highest BCUT2D eigenvalue weighted by atomic mass is 16.4. The predicted octanol–water partition coefficient (Wildman–Crippen LogP) is 1.80. The first kappa shape index (κ1) is 10.7. The first-order chi connectivity index (χ1) is 6.45. The smallest absolute Gasteiger partial charge is 0.315 e. The van der Waals surface area contributed by atoms with Crippen LogP contribution < -0.4 is 0 Å². The second-order valence-electron chi connectivity index (χ2n) is 3.76. The fourth-order valence-electron chi connectivity index (χ4n) is 1.74. The molecular weight excluding hydrogens is 180 g/mol. The molecule has 0 saturated heterocycles. The number of carboxylic acids is 1. The zero-order chi connectivity index (χ0) is 10.9. The Morgan fingerprint density at radius 1 is 1.64 bits per heavy atom. The Morgan fingerprint density at radius 3 is 2.64 bits per heavy atom. The number of hydrogen-bond acceptors (Lipinski definition) is 2. The van der Waals surface area contributed by atoms with Gasteiger partial charge in [0.1, 0.15) is 5.92 Å². The van der Waals surface area contributed by atoms with Gasteiger partial charge in [-0.15, -0.1) is 0 Å². The molecule has 0 aromatic rings. The van der Waals surface area contributed by atoms with E-state index in [0.717, 1.165) is 5.57 Å². The van der Waals surface area contributed by atoms with E-state index in [1.807, 2.05) is 0 Å². The zero-order valence-electron chi connectivity index (χ0n) is 8.41. The molecule has 1 N–H and O–H groups in total. The van der Waals surface area contributed by atoms with Crippen LogP contribution in [0.25, 0.3) is 0 Å². The van der Waals surface area contributed by atoms with E-state index in [0.29, 0.717) is 12.0 Å². The van der Waals surface area contributed by atoms with Crippen molar-refractivity contribution in [2.24, 2.45) is 11.8 Å². The summed E-state index contributed by atoms with van der Waals surface area (Å²) >= 11 is 0.